The molecule has 2 aromatic carbocycles. The van der Waals surface area contributed by atoms with E-state index < -0.39 is 5.82 Å². The van der Waals surface area contributed by atoms with Crippen molar-refractivity contribution in [3.8, 4) is 11.1 Å². The Kier molecular flexibility index (Phi) is 4.16. The van der Waals surface area contributed by atoms with Gasteiger partial charge in [-0.05, 0) is 0 Å². The molecule has 106 valence electrons. The first-order valence-corrected chi connectivity index (χ1v) is 8.31. The van der Waals surface area contributed by atoms with E-state index in [0.717, 1.165) is 9.87 Å². The van der Waals surface area contributed by atoms with Crippen molar-refractivity contribution >= 4 is 66.9 Å². The van der Waals surface area contributed by atoms with Crippen LogP contribution >= 0.6 is 34.8 Å². The van der Waals surface area contributed by atoms with Crippen molar-refractivity contribution in [1.82, 2.24) is 4.98 Å². The van der Waals surface area contributed by atoms with E-state index in [1.807, 2.05) is 6.07 Å². The molecule has 0 fully saturated rings. The van der Waals surface area contributed by atoms with Gasteiger partial charge in [-0.25, -0.2) is 0 Å². The van der Waals surface area contributed by atoms with Gasteiger partial charge in [-0.1, -0.05) is 0 Å². The van der Waals surface area contributed by atoms with Gasteiger partial charge in [0, 0.05) is 0 Å². The first-order chi connectivity index (χ1) is 9.99. The minimum absolute atomic E-state index is 0.0264. The van der Waals surface area contributed by atoms with Gasteiger partial charge in [0.1, 0.15) is 0 Å². The van der Waals surface area contributed by atoms with E-state index in [1.165, 1.54) is 16.9 Å². The van der Waals surface area contributed by atoms with Crippen molar-refractivity contribution in [2.45, 2.75) is 0 Å². The molecule has 0 bridgehead atoms. The molecule has 0 aliphatic rings. The number of hydrogen-bond donors (Lipinski definition) is 0. The third kappa shape index (κ3) is 2.66. The standard InChI is InChI=1S/C15H8AsCl3FN/c16-12-5-7-4-8(13-10(17)2-1-3-11(13)18)15(20)14(19)9(7)6-21-12/h1-6H,16H2. The fourth-order valence-electron chi connectivity index (χ4n) is 2.18. The summed E-state index contributed by atoms with van der Waals surface area (Å²) in [5, 5.41) is 2.17. The van der Waals surface area contributed by atoms with E-state index >= 15 is 0 Å². The zero-order valence-corrected chi connectivity index (χ0v) is 15.2. The monoisotopic (exact) mass is 401 g/mol. The number of hydrogen-bond acceptors (Lipinski definition) is 1. The van der Waals surface area contributed by atoms with Crippen molar-refractivity contribution in [3.63, 3.8) is 0 Å². The molecular weight excluding hydrogens is 394 g/mol. The molecule has 0 aliphatic heterocycles. The molecule has 0 saturated heterocycles. The van der Waals surface area contributed by atoms with Crippen molar-refractivity contribution in [2.75, 3.05) is 0 Å². The van der Waals surface area contributed by atoms with Crippen LogP contribution in [0, 0.1) is 5.82 Å². The van der Waals surface area contributed by atoms with Gasteiger partial charge in [0.15, 0.2) is 0 Å². The van der Waals surface area contributed by atoms with Crippen LogP contribution in [0.25, 0.3) is 21.9 Å². The second-order valence-corrected chi connectivity index (χ2v) is 6.91. The molecule has 3 rings (SSSR count). The molecular formula is C15H8AsCl3FN. The van der Waals surface area contributed by atoms with E-state index in [9.17, 15) is 4.39 Å². The number of aromatic nitrogens is 1. The molecule has 1 aromatic heterocycles. The Balaban J connectivity index is 2.41. The number of pyridine rings is 1. The molecule has 3 aromatic rings. The van der Waals surface area contributed by atoms with Crippen LogP contribution in [0.5, 0.6) is 0 Å². The summed E-state index contributed by atoms with van der Waals surface area (Å²) >= 11 is 19.9. The summed E-state index contributed by atoms with van der Waals surface area (Å²) in [5.41, 5.74) is 0.739. The Morgan fingerprint density at radius 1 is 1.05 bits per heavy atom. The maximum atomic E-state index is 14.6. The van der Waals surface area contributed by atoms with Gasteiger partial charge >= 0.3 is 145 Å². The van der Waals surface area contributed by atoms with Gasteiger partial charge < -0.3 is 0 Å². The number of nitrogens with zero attached hydrogens (tertiary/aromatic N) is 1. The van der Waals surface area contributed by atoms with Crippen molar-refractivity contribution in [2.24, 2.45) is 0 Å². The molecule has 0 amide bonds. The Bertz CT molecular complexity index is 847. The molecule has 0 saturated carbocycles. The molecule has 6 heteroatoms. The second-order valence-electron chi connectivity index (χ2n) is 4.48. The molecule has 1 unspecified atom stereocenters. The third-order valence-electron chi connectivity index (χ3n) is 3.15. The summed E-state index contributed by atoms with van der Waals surface area (Å²) in [5.74, 6) is -0.546. The van der Waals surface area contributed by atoms with Gasteiger partial charge in [-0.2, -0.15) is 0 Å². The predicted octanol–water partition coefficient (Wildman–Crippen LogP) is 4.26. The van der Waals surface area contributed by atoms with Crippen LogP contribution in [0.15, 0.2) is 36.5 Å². The Labute approximate surface area is 144 Å². The minimum atomic E-state index is -0.546. The number of fused-ring (bicyclic) bond motifs is 1. The average Bonchev–Trinajstić information content (AvgIpc) is 2.43. The molecule has 1 atom stereocenters. The van der Waals surface area contributed by atoms with Gasteiger partial charge in [0.2, 0.25) is 0 Å². The number of benzene rings is 2. The van der Waals surface area contributed by atoms with E-state index in [0.29, 0.717) is 26.6 Å². The SMILES string of the molecule is Fc1c(-c2c(Cl)cccc2Cl)cc2cc([AsH2])ncc2c1Cl. The normalized spacial score (nSPS) is 11.1. The zero-order valence-electron chi connectivity index (χ0n) is 10.5. The van der Waals surface area contributed by atoms with Crippen molar-refractivity contribution in [1.29, 1.82) is 0 Å². The summed E-state index contributed by atoms with van der Waals surface area (Å²) in [7, 11) is 0. The summed E-state index contributed by atoms with van der Waals surface area (Å²) in [4.78, 5) is 4.17. The van der Waals surface area contributed by atoms with Crippen molar-refractivity contribution < 1.29 is 4.39 Å². The van der Waals surface area contributed by atoms with Crippen LogP contribution in [0.4, 0.5) is 4.39 Å². The average molecular weight is 403 g/mol. The van der Waals surface area contributed by atoms with E-state index in [2.05, 4.69) is 4.98 Å². The van der Waals surface area contributed by atoms with Crippen LogP contribution in [0.2, 0.25) is 15.1 Å². The Hall–Kier alpha value is -0.792. The van der Waals surface area contributed by atoms with Crippen molar-refractivity contribution in [3.05, 3.63) is 57.4 Å². The number of rotatable bonds is 1. The predicted molar refractivity (Wildman–Crippen MR) is 90.3 cm³/mol. The summed E-state index contributed by atoms with van der Waals surface area (Å²) < 4.78 is 15.5. The Morgan fingerprint density at radius 2 is 1.71 bits per heavy atom. The number of halogens is 4. The fourth-order valence-corrected chi connectivity index (χ4v) is 3.58. The fraction of sp³-hybridized carbons (Fsp3) is 0. The van der Waals surface area contributed by atoms with Crippen LogP contribution in [0.3, 0.4) is 0 Å². The van der Waals surface area contributed by atoms with Gasteiger partial charge in [0.25, 0.3) is 0 Å². The molecule has 0 radical (unpaired) electrons. The molecule has 1 heterocycles. The quantitative estimate of drug-likeness (QED) is 0.555. The molecule has 1 nitrogen and oxygen atoms in total. The van der Waals surface area contributed by atoms with Gasteiger partial charge in [-0.3, -0.25) is 0 Å². The van der Waals surface area contributed by atoms with Crippen LogP contribution < -0.4 is 4.48 Å². The van der Waals surface area contributed by atoms with Crippen LogP contribution in [-0.2, 0) is 0 Å². The third-order valence-corrected chi connectivity index (χ3v) is 4.82. The van der Waals surface area contributed by atoms with Gasteiger partial charge in [0.05, 0.1) is 0 Å². The Morgan fingerprint density at radius 3 is 2.38 bits per heavy atom. The first-order valence-electron chi connectivity index (χ1n) is 5.96. The maximum absolute atomic E-state index is 14.6. The second kappa shape index (κ2) is 5.77. The molecule has 21 heavy (non-hydrogen) atoms. The van der Waals surface area contributed by atoms with Crippen LogP contribution in [-0.4, -0.2) is 21.8 Å². The summed E-state index contributed by atoms with van der Waals surface area (Å²) in [6, 6.07) is 8.62. The first kappa shape index (κ1) is 15.1. The van der Waals surface area contributed by atoms with Crippen LogP contribution in [0.1, 0.15) is 0 Å². The van der Waals surface area contributed by atoms with E-state index in [1.54, 1.807) is 30.5 Å². The zero-order chi connectivity index (χ0) is 15.1. The molecule has 0 spiro atoms. The topological polar surface area (TPSA) is 12.9 Å². The molecule has 0 aliphatic carbocycles. The van der Waals surface area contributed by atoms with E-state index in [4.69, 9.17) is 34.8 Å². The van der Waals surface area contributed by atoms with E-state index in [-0.39, 0.29) is 5.02 Å². The van der Waals surface area contributed by atoms with Gasteiger partial charge in [-0.15, -0.1) is 0 Å². The summed E-state index contributed by atoms with van der Waals surface area (Å²) in [6.45, 7) is 0. The summed E-state index contributed by atoms with van der Waals surface area (Å²) in [6.07, 6.45) is 1.58. The molecule has 0 N–H and O–H groups in total.